The summed E-state index contributed by atoms with van der Waals surface area (Å²) in [5.41, 5.74) is 0.960. The van der Waals surface area contributed by atoms with Crippen LogP contribution in [-0.2, 0) is 9.53 Å². The maximum absolute atomic E-state index is 10.9. The number of amides is 1. The molecule has 15 heavy (non-hydrogen) atoms. The summed E-state index contributed by atoms with van der Waals surface area (Å²) < 4.78 is 6.34. The highest BCUT2D eigenvalue weighted by Gasteiger charge is 2.11. The molecule has 0 aliphatic carbocycles. The molecule has 1 aromatic carbocycles. The molecule has 1 atom stereocenters. The van der Waals surface area contributed by atoms with Crippen LogP contribution in [0, 0.1) is 0 Å². The van der Waals surface area contributed by atoms with Crippen LogP contribution in [0.4, 0.5) is 0 Å². The van der Waals surface area contributed by atoms with Crippen molar-refractivity contribution in [1.29, 1.82) is 0 Å². The monoisotopic (exact) mass is 265 g/mol. The van der Waals surface area contributed by atoms with Crippen LogP contribution in [0.15, 0.2) is 46.1 Å². The number of carbonyl (C=O) groups excluding carboxylic acids is 1. The molecule has 0 N–H and O–H groups in total. The Morgan fingerprint density at radius 2 is 2.00 bits per heavy atom. The summed E-state index contributed by atoms with van der Waals surface area (Å²) in [4.78, 5) is 14.7. The van der Waals surface area contributed by atoms with Crippen molar-refractivity contribution in [2.75, 3.05) is 0 Å². The average Bonchev–Trinajstić information content (AvgIpc) is 2.44. The SMILES string of the molecule is O=C1C=COC(c2ccc(Br)cc2)C=N1. The summed E-state index contributed by atoms with van der Waals surface area (Å²) in [6.07, 6.45) is 3.89. The predicted molar refractivity (Wildman–Crippen MR) is 60.6 cm³/mol. The summed E-state index contributed by atoms with van der Waals surface area (Å²) in [5.74, 6) is -0.297. The van der Waals surface area contributed by atoms with Gasteiger partial charge in [0.2, 0.25) is 0 Å². The van der Waals surface area contributed by atoms with Crippen LogP contribution in [0.3, 0.4) is 0 Å². The van der Waals surface area contributed by atoms with Gasteiger partial charge in [-0.05, 0) is 17.7 Å². The molecule has 1 aliphatic rings. The van der Waals surface area contributed by atoms with E-state index >= 15 is 0 Å². The van der Waals surface area contributed by atoms with Crippen molar-refractivity contribution in [3.8, 4) is 0 Å². The van der Waals surface area contributed by atoms with Crippen molar-refractivity contribution in [3.05, 3.63) is 46.6 Å². The first-order valence-corrected chi connectivity index (χ1v) is 5.20. The number of hydrogen-bond donors (Lipinski definition) is 0. The topological polar surface area (TPSA) is 38.7 Å². The van der Waals surface area contributed by atoms with Gasteiger partial charge in [0.15, 0.2) is 6.10 Å². The molecule has 0 saturated carbocycles. The standard InChI is InChI=1S/C11H8BrNO2/c12-9-3-1-8(2-4-9)10-7-13-11(14)5-6-15-10/h1-7,10H. The summed E-state index contributed by atoms with van der Waals surface area (Å²) in [7, 11) is 0. The molecule has 0 saturated heterocycles. The number of hydrogen-bond acceptors (Lipinski definition) is 2. The van der Waals surface area contributed by atoms with E-state index in [1.807, 2.05) is 24.3 Å². The van der Waals surface area contributed by atoms with E-state index in [1.54, 1.807) is 0 Å². The Morgan fingerprint density at radius 3 is 2.73 bits per heavy atom. The van der Waals surface area contributed by atoms with E-state index in [9.17, 15) is 4.79 Å². The lowest BCUT2D eigenvalue weighted by Crippen LogP contribution is -2.01. The number of rotatable bonds is 1. The van der Waals surface area contributed by atoms with Crippen LogP contribution < -0.4 is 0 Å². The van der Waals surface area contributed by atoms with E-state index in [0.717, 1.165) is 10.0 Å². The van der Waals surface area contributed by atoms with Crippen LogP contribution >= 0.6 is 15.9 Å². The Morgan fingerprint density at radius 1 is 1.27 bits per heavy atom. The van der Waals surface area contributed by atoms with Gasteiger partial charge >= 0.3 is 0 Å². The second-order valence-corrected chi connectivity index (χ2v) is 3.94. The number of halogens is 1. The number of nitrogens with zero attached hydrogens (tertiary/aromatic N) is 1. The maximum Gasteiger partial charge on any atom is 0.272 e. The largest absolute Gasteiger partial charge is 0.487 e. The van der Waals surface area contributed by atoms with Crippen molar-refractivity contribution in [2.24, 2.45) is 4.99 Å². The smallest absolute Gasteiger partial charge is 0.272 e. The molecule has 0 bridgehead atoms. The molecule has 0 fully saturated rings. The zero-order chi connectivity index (χ0) is 10.7. The molecule has 1 unspecified atom stereocenters. The molecular formula is C11H8BrNO2. The zero-order valence-corrected chi connectivity index (χ0v) is 9.35. The Labute approximate surface area is 95.6 Å². The summed E-state index contributed by atoms with van der Waals surface area (Å²) in [6, 6.07) is 7.68. The third kappa shape index (κ3) is 2.53. The minimum atomic E-state index is -0.297. The van der Waals surface area contributed by atoms with Crippen molar-refractivity contribution in [3.63, 3.8) is 0 Å². The lowest BCUT2D eigenvalue weighted by molar-refractivity contribution is -0.113. The van der Waals surface area contributed by atoms with E-state index < -0.39 is 0 Å². The van der Waals surface area contributed by atoms with Gasteiger partial charge in [0, 0.05) is 10.5 Å². The van der Waals surface area contributed by atoms with E-state index in [2.05, 4.69) is 20.9 Å². The first-order chi connectivity index (χ1) is 7.25. The molecule has 1 aliphatic heterocycles. The third-order valence-corrected chi connectivity index (χ3v) is 2.50. The van der Waals surface area contributed by atoms with Crippen LogP contribution in [0.25, 0.3) is 0 Å². The molecule has 0 aromatic heterocycles. The summed E-state index contributed by atoms with van der Waals surface area (Å²) in [6.45, 7) is 0. The van der Waals surface area contributed by atoms with Crippen molar-refractivity contribution < 1.29 is 9.53 Å². The van der Waals surface area contributed by atoms with Gasteiger partial charge in [-0.3, -0.25) is 4.79 Å². The molecule has 1 amide bonds. The fourth-order valence-corrected chi connectivity index (χ4v) is 1.48. The molecule has 2 rings (SSSR count). The van der Waals surface area contributed by atoms with Gasteiger partial charge in [0.25, 0.3) is 5.91 Å². The molecule has 3 nitrogen and oxygen atoms in total. The van der Waals surface area contributed by atoms with E-state index in [0.29, 0.717) is 0 Å². The first-order valence-electron chi connectivity index (χ1n) is 4.41. The van der Waals surface area contributed by atoms with Crippen molar-refractivity contribution in [1.82, 2.24) is 0 Å². The summed E-state index contributed by atoms with van der Waals surface area (Å²) in [5, 5.41) is 0. The molecule has 4 heteroatoms. The van der Waals surface area contributed by atoms with Gasteiger partial charge in [-0.25, -0.2) is 4.99 Å². The fourth-order valence-electron chi connectivity index (χ4n) is 1.22. The molecule has 0 spiro atoms. The molecule has 1 heterocycles. The third-order valence-electron chi connectivity index (χ3n) is 1.97. The number of aliphatic imine (C=N–C) groups is 1. The number of benzene rings is 1. The van der Waals surface area contributed by atoms with Crippen molar-refractivity contribution >= 4 is 28.1 Å². The second-order valence-electron chi connectivity index (χ2n) is 3.03. The van der Waals surface area contributed by atoms with Crippen LogP contribution in [0.5, 0.6) is 0 Å². The normalized spacial score (nSPS) is 19.8. The van der Waals surface area contributed by atoms with Gasteiger partial charge in [-0.1, -0.05) is 28.1 Å². The highest BCUT2D eigenvalue weighted by atomic mass is 79.9. The van der Waals surface area contributed by atoms with Gasteiger partial charge in [0.1, 0.15) is 0 Å². The Hall–Kier alpha value is -1.42. The minimum Gasteiger partial charge on any atom is -0.487 e. The fraction of sp³-hybridized carbons (Fsp3) is 0.0909. The maximum atomic E-state index is 10.9. The first kappa shape index (κ1) is 10.1. The van der Waals surface area contributed by atoms with E-state index in [1.165, 1.54) is 18.6 Å². The minimum absolute atomic E-state index is 0.291. The quantitative estimate of drug-likeness (QED) is 0.783. The summed E-state index contributed by atoms with van der Waals surface area (Å²) >= 11 is 3.35. The van der Waals surface area contributed by atoms with Crippen molar-refractivity contribution in [2.45, 2.75) is 6.10 Å². The van der Waals surface area contributed by atoms with Gasteiger partial charge in [-0.2, -0.15) is 0 Å². The highest BCUT2D eigenvalue weighted by molar-refractivity contribution is 9.10. The van der Waals surface area contributed by atoms with Crippen LogP contribution in [0.2, 0.25) is 0 Å². The predicted octanol–water partition coefficient (Wildman–Crippen LogP) is 2.63. The molecule has 1 aromatic rings. The van der Waals surface area contributed by atoms with Crippen LogP contribution in [-0.4, -0.2) is 12.1 Å². The lowest BCUT2D eigenvalue weighted by atomic mass is 10.1. The van der Waals surface area contributed by atoms with Gasteiger partial charge in [0.05, 0.1) is 12.5 Å². The number of carbonyl (C=O) groups is 1. The lowest BCUT2D eigenvalue weighted by Gasteiger charge is -2.10. The molecule has 0 radical (unpaired) electrons. The Balaban J connectivity index is 2.24. The van der Waals surface area contributed by atoms with Gasteiger partial charge < -0.3 is 4.74 Å². The molecule has 76 valence electrons. The van der Waals surface area contributed by atoms with E-state index in [-0.39, 0.29) is 12.0 Å². The van der Waals surface area contributed by atoms with E-state index in [4.69, 9.17) is 4.74 Å². The molecular weight excluding hydrogens is 258 g/mol. The zero-order valence-electron chi connectivity index (χ0n) is 7.76. The Kier molecular flexibility index (Phi) is 2.97. The second kappa shape index (κ2) is 4.40. The van der Waals surface area contributed by atoms with Crippen LogP contribution in [0.1, 0.15) is 11.7 Å². The highest BCUT2D eigenvalue weighted by Crippen LogP contribution is 2.19. The van der Waals surface area contributed by atoms with Gasteiger partial charge in [-0.15, -0.1) is 0 Å². The number of ether oxygens (including phenoxy) is 1. The average molecular weight is 266 g/mol. The Bertz CT molecular complexity index is 423.